The van der Waals surface area contributed by atoms with Crippen LogP contribution in [-0.4, -0.2) is 17.8 Å². The first-order valence-electron chi connectivity index (χ1n) is 10.1. The van der Waals surface area contributed by atoms with Crippen LogP contribution in [0.1, 0.15) is 27.8 Å². The number of nitrogens with one attached hydrogen (secondary N) is 1. The molecular formula is C26H21FN2O3. The van der Waals surface area contributed by atoms with Gasteiger partial charge in [0.05, 0.1) is 5.69 Å². The summed E-state index contributed by atoms with van der Waals surface area (Å²) in [5.41, 5.74) is 4.03. The zero-order chi connectivity index (χ0) is 22.8. The van der Waals surface area contributed by atoms with E-state index in [1.165, 1.54) is 12.1 Å². The Morgan fingerprint density at radius 3 is 2.38 bits per heavy atom. The van der Waals surface area contributed by atoms with E-state index >= 15 is 0 Å². The van der Waals surface area contributed by atoms with Crippen molar-refractivity contribution >= 4 is 29.6 Å². The first-order valence-corrected chi connectivity index (χ1v) is 10.1. The molecule has 1 fully saturated rings. The molecule has 5 nitrogen and oxygen atoms in total. The zero-order valence-electron chi connectivity index (χ0n) is 17.7. The highest BCUT2D eigenvalue weighted by atomic mass is 19.1. The van der Waals surface area contributed by atoms with Crippen molar-refractivity contribution in [3.05, 3.63) is 106 Å². The summed E-state index contributed by atoms with van der Waals surface area (Å²) >= 11 is 0. The Bertz CT molecular complexity index is 1260. The van der Waals surface area contributed by atoms with E-state index in [0.29, 0.717) is 23.2 Å². The number of aryl methyl sites for hydroxylation is 2. The van der Waals surface area contributed by atoms with Crippen LogP contribution in [0.2, 0.25) is 0 Å². The number of amides is 4. The van der Waals surface area contributed by atoms with E-state index in [2.05, 4.69) is 5.32 Å². The number of rotatable bonds is 4. The fourth-order valence-electron chi connectivity index (χ4n) is 3.60. The second-order valence-corrected chi connectivity index (χ2v) is 7.76. The van der Waals surface area contributed by atoms with Gasteiger partial charge in [0.15, 0.2) is 0 Å². The molecule has 0 spiro atoms. The lowest BCUT2D eigenvalue weighted by Gasteiger charge is -2.27. The molecular weight excluding hydrogens is 407 g/mol. The van der Waals surface area contributed by atoms with Crippen molar-refractivity contribution in [2.75, 3.05) is 4.90 Å². The number of anilines is 1. The fraction of sp³-hybridized carbons (Fsp3) is 0.115. The Kier molecular flexibility index (Phi) is 5.69. The van der Waals surface area contributed by atoms with Gasteiger partial charge in [0.2, 0.25) is 0 Å². The van der Waals surface area contributed by atoms with Gasteiger partial charge in [0, 0.05) is 6.42 Å². The van der Waals surface area contributed by atoms with E-state index < -0.39 is 17.8 Å². The van der Waals surface area contributed by atoms with Crippen molar-refractivity contribution < 1.29 is 18.8 Å². The molecule has 0 bridgehead atoms. The second-order valence-electron chi connectivity index (χ2n) is 7.76. The number of hydrogen-bond donors (Lipinski definition) is 1. The summed E-state index contributed by atoms with van der Waals surface area (Å²) in [6.45, 7) is 3.66. The molecule has 6 heteroatoms. The number of benzene rings is 3. The normalized spacial score (nSPS) is 15.3. The van der Waals surface area contributed by atoms with Crippen molar-refractivity contribution in [3.8, 4) is 0 Å². The Balaban J connectivity index is 1.62. The molecule has 4 rings (SSSR count). The molecule has 1 heterocycles. The molecule has 0 atom stereocenters. The molecule has 0 saturated carbocycles. The third-order valence-corrected chi connectivity index (χ3v) is 5.35. The number of halogens is 1. The molecule has 0 aliphatic carbocycles. The molecule has 0 unspecified atom stereocenters. The minimum Gasteiger partial charge on any atom is -0.273 e. The fourth-order valence-corrected chi connectivity index (χ4v) is 3.60. The average Bonchev–Trinajstić information content (AvgIpc) is 2.76. The molecule has 32 heavy (non-hydrogen) atoms. The number of hydrogen-bond acceptors (Lipinski definition) is 3. The number of nitrogens with zero attached hydrogens (tertiary/aromatic N) is 1. The Labute approximate surface area is 185 Å². The molecule has 0 radical (unpaired) electrons. The topological polar surface area (TPSA) is 66.5 Å². The van der Waals surface area contributed by atoms with E-state index in [0.717, 1.165) is 21.6 Å². The van der Waals surface area contributed by atoms with Crippen molar-refractivity contribution in [1.29, 1.82) is 0 Å². The monoisotopic (exact) mass is 428 g/mol. The SMILES string of the molecule is Cc1ccc(C)c(N2C(=O)NC(=O)/C(=C\c3ccc(Cc4ccccc4F)cc3)C2=O)c1. The average molecular weight is 428 g/mol. The summed E-state index contributed by atoms with van der Waals surface area (Å²) in [7, 11) is 0. The van der Waals surface area contributed by atoms with Crippen molar-refractivity contribution in [1.82, 2.24) is 5.32 Å². The molecule has 160 valence electrons. The number of carbonyl (C=O) groups excluding carboxylic acids is 3. The summed E-state index contributed by atoms with van der Waals surface area (Å²) in [4.78, 5) is 38.9. The minimum atomic E-state index is -0.772. The van der Waals surface area contributed by atoms with Crippen LogP contribution in [0.25, 0.3) is 6.08 Å². The zero-order valence-corrected chi connectivity index (χ0v) is 17.7. The van der Waals surface area contributed by atoms with E-state index in [-0.39, 0.29) is 11.4 Å². The van der Waals surface area contributed by atoms with Gasteiger partial charge < -0.3 is 0 Å². The van der Waals surface area contributed by atoms with Gasteiger partial charge in [0.1, 0.15) is 11.4 Å². The Hall–Kier alpha value is -4.06. The molecule has 1 saturated heterocycles. The van der Waals surface area contributed by atoms with E-state index in [1.54, 1.807) is 43.3 Å². The highest BCUT2D eigenvalue weighted by Gasteiger charge is 2.37. The smallest absolute Gasteiger partial charge is 0.273 e. The summed E-state index contributed by atoms with van der Waals surface area (Å²) in [6.07, 6.45) is 1.88. The lowest BCUT2D eigenvalue weighted by atomic mass is 10.0. The molecule has 1 aliphatic rings. The van der Waals surface area contributed by atoms with Crippen LogP contribution >= 0.6 is 0 Å². The largest absolute Gasteiger partial charge is 0.335 e. The third kappa shape index (κ3) is 4.21. The van der Waals surface area contributed by atoms with E-state index in [4.69, 9.17) is 0 Å². The van der Waals surface area contributed by atoms with Gasteiger partial charge >= 0.3 is 6.03 Å². The number of carbonyl (C=O) groups is 3. The molecule has 1 N–H and O–H groups in total. The van der Waals surface area contributed by atoms with Gasteiger partial charge in [0.25, 0.3) is 11.8 Å². The van der Waals surface area contributed by atoms with Crippen LogP contribution < -0.4 is 10.2 Å². The maximum atomic E-state index is 13.9. The standard InChI is InChI=1S/C26H21FN2O3/c1-16-7-8-17(2)23(13-16)29-25(31)21(24(30)28-26(29)32)15-19-11-9-18(10-12-19)14-20-5-3-4-6-22(20)27/h3-13,15H,14H2,1-2H3,(H,28,30,32)/b21-15+. The Morgan fingerprint density at radius 1 is 0.938 bits per heavy atom. The Morgan fingerprint density at radius 2 is 1.66 bits per heavy atom. The van der Waals surface area contributed by atoms with Crippen molar-refractivity contribution in [2.45, 2.75) is 20.3 Å². The van der Waals surface area contributed by atoms with Crippen molar-refractivity contribution in [3.63, 3.8) is 0 Å². The summed E-state index contributed by atoms with van der Waals surface area (Å²) in [6, 6.07) is 18.4. The quantitative estimate of drug-likeness (QED) is 0.484. The number of barbiturate groups is 1. The van der Waals surface area contributed by atoms with E-state index in [1.807, 2.05) is 31.2 Å². The van der Waals surface area contributed by atoms with Gasteiger partial charge in [-0.2, -0.15) is 0 Å². The lowest BCUT2D eigenvalue weighted by Crippen LogP contribution is -2.54. The first kappa shape index (κ1) is 21.2. The minimum absolute atomic E-state index is 0.132. The summed E-state index contributed by atoms with van der Waals surface area (Å²) in [5.74, 6) is -1.68. The van der Waals surface area contributed by atoms with Crippen molar-refractivity contribution in [2.24, 2.45) is 0 Å². The van der Waals surface area contributed by atoms with Gasteiger partial charge in [-0.05, 0) is 59.9 Å². The third-order valence-electron chi connectivity index (χ3n) is 5.35. The maximum absolute atomic E-state index is 13.9. The molecule has 1 aliphatic heterocycles. The maximum Gasteiger partial charge on any atom is 0.335 e. The lowest BCUT2D eigenvalue weighted by molar-refractivity contribution is -0.122. The van der Waals surface area contributed by atoms with Crippen LogP contribution in [0.3, 0.4) is 0 Å². The highest BCUT2D eigenvalue weighted by Crippen LogP contribution is 2.26. The van der Waals surface area contributed by atoms with Crippen LogP contribution in [0.4, 0.5) is 14.9 Å². The van der Waals surface area contributed by atoms with Gasteiger partial charge in [-0.25, -0.2) is 14.1 Å². The van der Waals surface area contributed by atoms with Crippen LogP contribution in [-0.2, 0) is 16.0 Å². The van der Waals surface area contributed by atoms with E-state index in [9.17, 15) is 18.8 Å². The van der Waals surface area contributed by atoms with Gasteiger partial charge in [-0.3, -0.25) is 14.9 Å². The first-order chi connectivity index (χ1) is 15.3. The summed E-state index contributed by atoms with van der Waals surface area (Å²) in [5, 5.41) is 2.24. The molecule has 3 aromatic rings. The van der Waals surface area contributed by atoms with Gasteiger partial charge in [-0.1, -0.05) is 54.6 Å². The predicted octanol–water partition coefficient (Wildman–Crippen LogP) is 4.70. The van der Waals surface area contributed by atoms with Gasteiger partial charge in [-0.15, -0.1) is 0 Å². The highest BCUT2D eigenvalue weighted by molar-refractivity contribution is 6.39. The van der Waals surface area contributed by atoms with Crippen LogP contribution in [0.5, 0.6) is 0 Å². The van der Waals surface area contributed by atoms with Crippen LogP contribution in [0, 0.1) is 19.7 Å². The molecule has 0 aromatic heterocycles. The second kappa shape index (κ2) is 8.59. The number of urea groups is 1. The van der Waals surface area contributed by atoms with Crippen LogP contribution in [0.15, 0.2) is 72.3 Å². The molecule has 4 amide bonds. The number of imide groups is 2. The summed E-state index contributed by atoms with van der Waals surface area (Å²) < 4.78 is 13.9. The predicted molar refractivity (Wildman–Crippen MR) is 121 cm³/mol. The molecule has 3 aromatic carbocycles.